The van der Waals surface area contributed by atoms with Gasteiger partial charge in [-0.1, -0.05) is 18.2 Å². The van der Waals surface area contributed by atoms with Crippen molar-refractivity contribution in [3.8, 4) is 22.5 Å². The van der Waals surface area contributed by atoms with Crippen LogP contribution in [-0.4, -0.2) is 76.3 Å². The number of morpholine rings is 1. The SMILES string of the molecule is COCC1COCCN1Cc1cccc(-c2c3ccc(=N)cc-3oc3cc(N(C)CCNC(=O)CCl)ccc23)c1. The normalized spacial score (nSPS) is 15.9. The fourth-order valence-corrected chi connectivity index (χ4v) is 5.36. The van der Waals surface area contributed by atoms with E-state index in [-0.39, 0.29) is 17.8 Å². The van der Waals surface area contributed by atoms with Crippen LogP contribution >= 0.6 is 11.6 Å². The quantitative estimate of drug-likeness (QED) is 0.221. The number of likely N-dealkylation sites (N-methyl/N-ethyl adjacent to an activating group) is 1. The lowest BCUT2D eigenvalue weighted by Gasteiger charge is -2.35. The van der Waals surface area contributed by atoms with Gasteiger partial charge in [0.05, 0.1) is 31.2 Å². The Morgan fingerprint density at radius 2 is 2.08 bits per heavy atom. The minimum atomic E-state index is -0.184. The van der Waals surface area contributed by atoms with Gasteiger partial charge in [-0.05, 0) is 41.5 Å². The minimum Gasteiger partial charge on any atom is -0.456 e. The van der Waals surface area contributed by atoms with Gasteiger partial charge >= 0.3 is 0 Å². The van der Waals surface area contributed by atoms with Crippen LogP contribution in [0.1, 0.15) is 5.56 Å². The number of rotatable bonds is 10. The van der Waals surface area contributed by atoms with Gasteiger partial charge < -0.3 is 29.5 Å². The molecule has 2 aliphatic heterocycles. The summed E-state index contributed by atoms with van der Waals surface area (Å²) in [6, 6.07) is 20.6. The summed E-state index contributed by atoms with van der Waals surface area (Å²) in [5, 5.41) is 12.4. The van der Waals surface area contributed by atoms with E-state index in [2.05, 4.69) is 51.5 Å². The van der Waals surface area contributed by atoms with Gasteiger partial charge in [0.25, 0.3) is 0 Å². The third kappa shape index (κ3) is 6.31. The zero-order valence-electron chi connectivity index (χ0n) is 22.9. The summed E-state index contributed by atoms with van der Waals surface area (Å²) < 4.78 is 17.5. The molecule has 40 heavy (non-hydrogen) atoms. The zero-order chi connectivity index (χ0) is 28.1. The van der Waals surface area contributed by atoms with E-state index >= 15 is 0 Å². The Balaban J connectivity index is 1.51. The molecule has 2 N–H and O–H groups in total. The molecule has 1 saturated heterocycles. The number of nitrogens with zero attached hydrogens (tertiary/aromatic N) is 2. The molecule has 210 valence electrons. The average molecular weight is 563 g/mol. The van der Waals surface area contributed by atoms with Crippen LogP contribution < -0.4 is 15.6 Å². The number of carbonyl (C=O) groups is 1. The number of hydrogen-bond acceptors (Lipinski definition) is 7. The van der Waals surface area contributed by atoms with Gasteiger partial charge in [0.1, 0.15) is 17.2 Å². The standard InChI is InChI=1S/C31H35ClN4O4/c1-35(11-10-34-30(37)17-32)24-7-9-27-29(16-24)40-28-15-23(33)6-8-26(28)31(27)22-5-3-4-21(14-22)18-36-12-13-39-20-25(36)19-38-2/h3-9,14-16,25,33H,10-13,17-20H2,1-2H3,(H,34,37). The number of hydrogen-bond donors (Lipinski definition) is 2. The van der Waals surface area contributed by atoms with Crippen molar-refractivity contribution in [3.05, 3.63) is 71.6 Å². The van der Waals surface area contributed by atoms with E-state index in [4.69, 9.17) is 30.9 Å². The Morgan fingerprint density at radius 1 is 1.20 bits per heavy atom. The second-order valence-corrected chi connectivity index (χ2v) is 10.4. The van der Waals surface area contributed by atoms with Crippen molar-refractivity contribution in [2.45, 2.75) is 12.6 Å². The van der Waals surface area contributed by atoms with Crippen LogP contribution in [0.5, 0.6) is 0 Å². The number of nitrogens with one attached hydrogen (secondary N) is 2. The van der Waals surface area contributed by atoms with Crippen molar-refractivity contribution >= 4 is 34.2 Å². The zero-order valence-corrected chi connectivity index (χ0v) is 23.7. The summed E-state index contributed by atoms with van der Waals surface area (Å²) in [6.45, 7) is 4.83. The van der Waals surface area contributed by atoms with Gasteiger partial charge in [-0.25, -0.2) is 0 Å². The summed E-state index contributed by atoms with van der Waals surface area (Å²) >= 11 is 5.59. The van der Waals surface area contributed by atoms with Crippen molar-refractivity contribution in [2.75, 3.05) is 64.4 Å². The lowest BCUT2D eigenvalue weighted by Crippen LogP contribution is -2.47. The largest absolute Gasteiger partial charge is 0.456 e. The fraction of sp³-hybridized carbons (Fsp3) is 0.355. The Kier molecular flexibility index (Phi) is 9.01. The van der Waals surface area contributed by atoms with Gasteiger partial charge in [0.2, 0.25) is 5.91 Å². The van der Waals surface area contributed by atoms with E-state index in [1.807, 2.05) is 19.2 Å². The van der Waals surface area contributed by atoms with Gasteiger partial charge in [-0.3, -0.25) is 9.69 Å². The van der Waals surface area contributed by atoms with E-state index < -0.39 is 0 Å². The Morgan fingerprint density at radius 3 is 2.90 bits per heavy atom. The Labute approximate surface area is 239 Å². The molecule has 2 heterocycles. The van der Waals surface area contributed by atoms with Crippen molar-refractivity contribution in [3.63, 3.8) is 0 Å². The number of benzene rings is 3. The van der Waals surface area contributed by atoms with E-state index in [1.54, 1.807) is 19.2 Å². The maximum absolute atomic E-state index is 11.5. The molecule has 1 atom stereocenters. The first-order valence-corrected chi connectivity index (χ1v) is 14.0. The highest BCUT2D eigenvalue weighted by Crippen LogP contribution is 2.41. The van der Waals surface area contributed by atoms with Gasteiger partial charge in [-0.15, -0.1) is 11.6 Å². The van der Waals surface area contributed by atoms with E-state index in [0.717, 1.165) is 53.0 Å². The van der Waals surface area contributed by atoms with Gasteiger partial charge in [-0.2, -0.15) is 0 Å². The lowest BCUT2D eigenvalue weighted by atomic mass is 9.92. The molecule has 0 aromatic heterocycles. The molecule has 1 unspecified atom stereocenters. The van der Waals surface area contributed by atoms with Crippen molar-refractivity contribution in [2.24, 2.45) is 0 Å². The fourth-order valence-electron chi connectivity index (χ4n) is 5.27. The molecule has 1 aliphatic carbocycles. The highest BCUT2D eigenvalue weighted by Gasteiger charge is 2.24. The summed E-state index contributed by atoms with van der Waals surface area (Å²) in [5.74, 6) is 0.437. The second-order valence-electron chi connectivity index (χ2n) is 10.1. The smallest absolute Gasteiger partial charge is 0.234 e. The monoisotopic (exact) mass is 562 g/mol. The third-order valence-electron chi connectivity index (χ3n) is 7.35. The predicted octanol–water partition coefficient (Wildman–Crippen LogP) is 4.32. The first-order valence-electron chi connectivity index (χ1n) is 13.5. The number of carbonyl (C=O) groups excluding carboxylic acids is 1. The molecule has 0 saturated carbocycles. The Bertz CT molecular complexity index is 1500. The van der Waals surface area contributed by atoms with Gasteiger partial charge in [0, 0.05) is 74.7 Å². The molecular weight excluding hydrogens is 528 g/mol. The molecular formula is C31H35ClN4O4. The van der Waals surface area contributed by atoms with E-state index in [0.29, 0.717) is 37.4 Å². The molecule has 3 aliphatic rings. The lowest BCUT2D eigenvalue weighted by molar-refractivity contribution is -0.118. The van der Waals surface area contributed by atoms with Crippen LogP contribution in [0.4, 0.5) is 5.69 Å². The maximum Gasteiger partial charge on any atom is 0.234 e. The topological polar surface area (TPSA) is 91.0 Å². The number of ether oxygens (including phenoxy) is 2. The first kappa shape index (κ1) is 28.1. The Hall–Kier alpha value is -3.43. The van der Waals surface area contributed by atoms with Crippen molar-refractivity contribution in [1.29, 1.82) is 5.41 Å². The number of alkyl halides is 1. The predicted molar refractivity (Wildman–Crippen MR) is 158 cm³/mol. The molecule has 9 heteroatoms. The van der Waals surface area contributed by atoms with Gasteiger partial charge in [0.15, 0.2) is 0 Å². The van der Waals surface area contributed by atoms with Crippen LogP contribution in [0.15, 0.2) is 65.1 Å². The summed E-state index contributed by atoms with van der Waals surface area (Å²) in [6.07, 6.45) is 0. The second kappa shape index (κ2) is 12.8. The summed E-state index contributed by atoms with van der Waals surface area (Å²) in [5.41, 5.74) is 6.07. The van der Waals surface area contributed by atoms with Crippen LogP contribution in [-0.2, 0) is 20.8 Å². The molecule has 5 rings (SSSR count). The number of anilines is 1. The number of halogens is 1. The van der Waals surface area contributed by atoms with E-state index in [1.165, 1.54) is 5.56 Å². The van der Waals surface area contributed by atoms with Crippen LogP contribution in [0, 0.1) is 5.41 Å². The first-order chi connectivity index (χ1) is 19.5. The molecule has 8 nitrogen and oxygen atoms in total. The molecule has 0 bridgehead atoms. The van der Waals surface area contributed by atoms with Crippen LogP contribution in [0.2, 0.25) is 0 Å². The number of methoxy groups -OCH3 is 1. The van der Waals surface area contributed by atoms with E-state index in [9.17, 15) is 4.79 Å². The summed E-state index contributed by atoms with van der Waals surface area (Å²) in [7, 11) is 3.71. The molecule has 2 aromatic rings. The number of fused-ring (bicyclic) bond motifs is 2. The average Bonchev–Trinajstić information content (AvgIpc) is 2.96. The highest BCUT2D eigenvalue weighted by atomic mass is 35.5. The van der Waals surface area contributed by atoms with Crippen LogP contribution in [0.25, 0.3) is 33.4 Å². The third-order valence-corrected chi connectivity index (χ3v) is 7.59. The summed E-state index contributed by atoms with van der Waals surface area (Å²) in [4.78, 5) is 16.0. The maximum atomic E-state index is 11.5. The number of amides is 1. The van der Waals surface area contributed by atoms with Crippen molar-refractivity contribution in [1.82, 2.24) is 10.2 Å². The molecule has 1 amide bonds. The molecule has 0 spiro atoms. The molecule has 1 fully saturated rings. The van der Waals surface area contributed by atoms with Crippen LogP contribution in [0.3, 0.4) is 0 Å². The molecule has 0 radical (unpaired) electrons. The minimum absolute atomic E-state index is 0.0478. The van der Waals surface area contributed by atoms with Crippen molar-refractivity contribution < 1.29 is 18.7 Å². The highest BCUT2D eigenvalue weighted by molar-refractivity contribution is 6.27. The molecule has 2 aromatic carbocycles.